The van der Waals surface area contributed by atoms with E-state index in [-0.39, 0.29) is 0 Å². The third-order valence-electron chi connectivity index (χ3n) is 3.22. The highest BCUT2D eigenvalue weighted by molar-refractivity contribution is 5.66. The van der Waals surface area contributed by atoms with Crippen LogP contribution >= 0.6 is 0 Å². The summed E-state index contributed by atoms with van der Waals surface area (Å²) in [5, 5.41) is 23.2. The second kappa shape index (κ2) is 7.07. The van der Waals surface area contributed by atoms with Crippen LogP contribution in [0.4, 0.5) is 23.1 Å². The van der Waals surface area contributed by atoms with Crippen LogP contribution in [0.2, 0.25) is 0 Å². The van der Waals surface area contributed by atoms with Crippen molar-refractivity contribution in [3.8, 4) is 11.8 Å². The first-order chi connectivity index (χ1) is 11.8. The Morgan fingerprint density at radius 2 is 1.75 bits per heavy atom. The van der Waals surface area contributed by atoms with Crippen molar-refractivity contribution in [2.75, 3.05) is 17.7 Å². The van der Waals surface area contributed by atoms with Crippen molar-refractivity contribution in [2.45, 2.75) is 0 Å². The standard InChI is InChI=1S/C17H14N6O/c1-24-15-9-5-4-8-14(15)21-17-22-16(11-19-23-17)20-13-7-3-2-6-12(13)10-18/h2-9,11H,1H3,(H2,20,21,22,23). The molecule has 0 fully saturated rings. The van der Waals surface area contributed by atoms with E-state index in [0.717, 1.165) is 5.69 Å². The van der Waals surface area contributed by atoms with E-state index in [1.165, 1.54) is 6.20 Å². The molecule has 0 saturated heterocycles. The zero-order chi connectivity index (χ0) is 16.8. The van der Waals surface area contributed by atoms with Crippen LogP contribution < -0.4 is 15.4 Å². The van der Waals surface area contributed by atoms with Gasteiger partial charge in [0.25, 0.3) is 0 Å². The molecule has 24 heavy (non-hydrogen) atoms. The molecular formula is C17H14N6O. The van der Waals surface area contributed by atoms with Crippen molar-refractivity contribution in [1.82, 2.24) is 15.2 Å². The summed E-state index contributed by atoms with van der Waals surface area (Å²) in [6.07, 6.45) is 1.49. The van der Waals surface area contributed by atoms with E-state index in [2.05, 4.69) is 31.9 Å². The monoisotopic (exact) mass is 318 g/mol. The Balaban J connectivity index is 1.83. The third-order valence-corrected chi connectivity index (χ3v) is 3.22. The summed E-state index contributed by atoms with van der Waals surface area (Å²) in [6.45, 7) is 0. The van der Waals surface area contributed by atoms with E-state index in [1.54, 1.807) is 25.3 Å². The van der Waals surface area contributed by atoms with Gasteiger partial charge in [0.15, 0.2) is 5.82 Å². The van der Waals surface area contributed by atoms with Gasteiger partial charge in [-0.1, -0.05) is 24.3 Å². The van der Waals surface area contributed by atoms with Crippen LogP contribution in [-0.4, -0.2) is 22.3 Å². The molecule has 3 rings (SSSR count). The highest BCUT2D eigenvalue weighted by atomic mass is 16.5. The van der Waals surface area contributed by atoms with Crippen LogP contribution in [0.15, 0.2) is 54.7 Å². The number of para-hydroxylation sites is 3. The smallest absolute Gasteiger partial charge is 0.249 e. The number of aromatic nitrogens is 3. The summed E-state index contributed by atoms with van der Waals surface area (Å²) < 4.78 is 5.28. The zero-order valence-corrected chi connectivity index (χ0v) is 12.9. The molecule has 0 aliphatic carbocycles. The fourth-order valence-electron chi connectivity index (χ4n) is 2.11. The van der Waals surface area contributed by atoms with Gasteiger partial charge in [-0.05, 0) is 24.3 Å². The molecule has 1 aromatic heterocycles. The fourth-order valence-corrected chi connectivity index (χ4v) is 2.11. The number of nitriles is 1. The summed E-state index contributed by atoms with van der Waals surface area (Å²) in [6, 6.07) is 16.7. The Hall–Kier alpha value is -3.66. The Morgan fingerprint density at radius 3 is 2.54 bits per heavy atom. The van der Waals surface area contributed by atoms with Crippen LogP contribution in [-0.2, 0) is 0 Å². The first kappa shape index (κ1) is 15.2. The van der Waals surface area contributed by atoms with Gasteiger partial charge >= 0.3 is 0 Å². The number of anilines is 4. The summed E-state index contributed by atoms with van der Waals surface area (Å²) in [5.41, 5.74) is 1.91. The average molecular weight is 318 g/mol. The zero-order valence-electron chi connectivity index (χ0n) is 12.9. The lowest BCUT2D eigenvalue weighted by Gasteiger charge is -2.10. The van der Waals surface area contributed by atoms with Crippen LogP contribution in [0.25, 0.3) is 0 Å². The Bertz CT molecular complexity index is 890. The minimum Gasteiger partial charge on any atom is -0.495 e. The predicted molar refractivity (Wildman–Crippen MR) is 90.5 cm³/mol. The van der Waals surface area contributed by atoms with E-state index < -0.39 is 0 Å². The van der Waals surface area contributed by atoms with Crippen molar-refractivity contribution in [3.05, 3.63) is 60.3 Å². The SMILES string of the molecule is COc1ccccc1Nc1nncc(Nc2ccccc2C#N)n1. The maximum Gasteiger partial charge on any atom is 0.249 e. The van der Waals surface area contributed by atoms with E-state index >= 15 is 0 Å². The summed E-state index contributed by atoms with van der Waals surface area (Å²) in [7, 11) is 1.59. The highest BCUT2D eigenvalue weighted by Gasteiger charge is 2.07. The van der Waals surface area contributed by atoms with Gasteiger partial charge in [0, 0.05) is 0 Å². The molecule has 0 amide bonds. The topological polar surface area (TPSA) is 95.8 Å². The molecular weight excluding hydrogens is 304 g/mol. The van der Waals surface area contributed by atoms with Gasteiger partial charge in [0.2, 0.25) is 5.95 Å². The summed E-state index contributed by atoms with van der Waals surface area (Å²) >= 11 is 0. The maximum atomic E-state index is 9.14. The number of benzene rings is 2. The van der Waals surface area contributed by atoms with Crippen molar-refractivity contribution < 1.29 is 4.74 Å². The van der Waals surface area contributed by atoms with Gasteiger partial charge in [-0.25, -0.2) is 0 Å². The van der Waals surface area contributed by atoms with E-state index in [1.807, 2.05) is 30.3 Å². The highest BCUT2D eigenvalue weighted by Crippen LogP contribution is 2.26. The lowest BCUT2D eigenvalue weighted by molar-refractivity contribution is 0.417. The molecule has 0 radical (unpaired) electrons. The summed E-state index contributed by atoms with van der Waals surface area (Å²) in [4.78, 5) is 4.35. The van der Waals surface area contributed by atoms with Crippen molar-refractivity contribution in [2.24, 2.45) is 0 Å². The lowest BCUT2D eigenvalue weighted by atomic mass is 10.2. The molecule has 0 saturated carbocycles. The molecule has 0 bridgehead atoms. The van der Waals surface area contributed by atoms with Crippen molar-refractivity contribution >= 4 is 23.1 Å². The Labute approximate surface area is 139 Å². The molecule has 7 nitrogen and oxygen atoms in total. The van der Waals surface area contributed by atoms with Crippen molar-refractivity contribution in [3.63, 3.8) is 0 Å². The number of ether oxygens (including phenoxy) is 1. The fraction of sp³-hybridized carbons (Fsp3) is 0.0588. The number of hydrogen-bond donors (Lipinski definition) is 2. The minimum absolute atomic E-state index is 0.318. The average Bonchev–Trinajstić information content (AvgIpc) is 2.63. The number of nitrogens with one attached hydrogen (secondary N) is 2. The molecule has 1 heterocycles. The number of nitrogens with zero attached hydrogens (tertiary/aromatic N) is 4. The summed E-state index contributed by atoms with van der Waals surface area (Å²) in [5.74, 6) is 1.47. The normalized spacial score (nSPS) is 9.83. The number of hydrogen-bond acceptors (Lipinski definition) is 7. The van der Waals surface area contributed by atoms with Gasteiger partial charge in [-0.2, -0.15) is 15.3 Å². The van der Waals surface area contributed by atoms with Crippen LogP contribution in [0.3, 0.4) is 0 Å². The number of rotatable bonds is 5. The molecule has 118 valence electrons. The predicted octanol–water partition coefficient (Wildman–Crippen LogP) is 3.24. The van der Waals surface area contributed by atoms with Crippen LogP contribution in [0, 0.1) is 11.3 Å². The van der Waals surface area contributed by atoms with Crippen LogP contribution in [0.1, 0.15) is 5.56 Å². The van der Waals surface area contributed by atoms with Crippen LogP contribution in [0.5, 0.6) is 5.75 Å². The van der Waals surface area contributed by atoms with Gasteiger partial charge in [0.1, 0.15) is 11.8 Å². The quantitative estimate of drug-likeness (QED) is 0.745. The molecule has 3 aromatic rings. The first-order valence-electron chi connectivity index (χ1n) is 7.16. The molecule has 0 spiro atoms. The van der Waals surface area contributed by atoms with Gasteiger partial charge in [-0.15, -0.1) is 5.10 Å². The largest absolute Gasteiger partial charge is 0.495 e. The van der Waals surface area contributed by atoms with Gasteiger partial charge in [0.05, 0.1) is 30.2 Å². The molecule has 0 aliphatic rings. The van der Waals surface area contributed by atoms with E-state index in [9.17, 15) is 0 Å². The molecule has 7 heteroatoms. The second-order valence-electron chi connectivity index (χ2n) is 4.77. The Kier molecular flexibility index (Phi) is 4.49. The first-order valence-corrected chi connectivity index (χ1v) is 7.16. The lowest BCUT2D eigenvalue weighted by Crippen LogP contribution is -2.03. The van der Waals surface area contributed by atoms with Gasteiger partial charge < -0.3 is 15.4 Å². The molecule has 2 N–H and O–H groups in total. The Morgan fingerprint density at radius 1 is 1.00 bits per heavy atom. The minimum atomic E-state index is 0.318. The molecule has 0 atom stereocenters. The number of methoxy groups -OCH3 is 1. The molecule has 0 unspecified atom stereocenters. The molecule has 2 aromatic carbocycles. The maximum absolute atomic E-state index is 9.14. The third kappa shape index (κ3) is 3.39. The van der Waals surface area contributed by atoms with Crippen molar-refractivity contribution in [1.29, 1.82) is 5.26 Å². The van der Waals surface area contributed by atoms with Gasteiger partial charge in [-0.3, -0.25) is 0 Å². The van der Waals surface area contributed by atoms with E-state index in [4.69, 9.17) is 10.00 Å². The molecule has 0 aliphatic heterocycles. The van der Waals surface area contributed by atoms with E-state index in [0.29, 0.717) is 28.8 Å². The second-order valence-corrected chi connectivity index (χ2v) is 4.77.